The Morgan fingerprint density at radius 3 is 2.50 bits per heavy atom. The predicted molar refractivity (Wildman–Crippen MR) is 133 cm³/mol. The fraction of sp³-hybridized carbons (Fsp3) is 0.462. The number of amides is 2. The topological polar surface area (TPSA) is 58.6 Å². The first-order chi connectivity index (χ1) is 15.4. The highest BCUT2D eigenvalue weighted by Crippen LogP contribution is 2.20. The van der Waals surface area contributed by atoms with Crippen molar-refractivity contribution in [2.75, 3.05) is 12.9 Å². The van der Waals surface area contributed by atoms with Gasteiger partial charge in [-0.3, -0.25) is 9.59 Å². The van der Waals surface area contributed by atoms with Crippen molar-refractivity contribution in [3.05, 3.63) is 65.2 Å². The number of nitrogens with zero attached hydrogens (tertiary/aromatic N) is 1. The zero-order valence-electron chi connectivity index (χ0n) is 19.9. The van der Waals surface area contributed by atoms with Crippen LogP contribution in [0.1, 0.15) is 50.3 Å². The van der Waals surface area contributed by atoms with Crippen molar-refractivity contribution in [1.82, 2.24) is 10.2 Å². The van der Waals surface area contributed by atoms with Crippen LogP contribution in [0.2, 0.25) is 0 Å². The van der Waals surface area contributed by atoms with Crippen molar-refractivity contribution in [1.29, 1.82) is 0 Å². The third-order valence-corrected chi connectivity index (χ3v) is 6.58. The Balaban J connectivity index is 2.17. The molecule has 2 aromatic rings. The van der Waals surface area contributed by atoms with Crippen LogP contribution in [-0.4, -0.2) is 41.7 Å². The molecule has 0 aliphatic rings. The molecule has 0 saturated heterocycles. The number of thioether (sulfide) groups is 1. The van der Waals surface area contributed by atoms with Crippen LogP contribution in [0.15, 0.2) is 48.5 Å². The highest BCUT2D eigenvalue weighted by atomic mass is 32.2. The van der Waals surface area contributed by atoms with Crippen LogP contribution in [0.5, 0.6) is 5.75 Å². The van der Waals surface area contributed by atoms with Crippen molar-refractivity contribution in [2.45, 2.75) is 64.9 Å². The van der Waals surface area contributed by atoms with Crippen LogP contribution in [0, 0.1) is 6.92 Å². The van der Waals surface area contributed by atoms with Crippen LogP contribution in [0.3, 0.4) is 0 Å². The molecular formula is C26H36N2O3S. The Hall–Kier alpha value is -2.47. The summed E-state index contributed by atoms with van der Waals surface area (Å²) in [6.07, 6.45) is 1.40. The lowest BCUT2D eigenvalue weighted by molar-refractivity contribution is -0.139. The molecule has 0 unspecified atom stereocenters. The van der Waals surface area contributed by atoms with Crippen molar-refractivity contribution in [2.24, 2.45) is 0 Å². The minimum absolute atomic E-state index is 0.0300. The molecule has 2 aromatic carbocycles. The van der Waals surface area contributed by atoms with Crippen LogP contribution < -0.4 is 10.1 Å². The molecule has 6 heteroatoms. The molecule has 32 heavy (non-hydrogen) atoms. The van der Waals surface area contributed by atoms with Gasteiger partial charge in [0.05, 0.1) is 12.9 Å². The molecule has 0 bridgehead atoms. The molecule has 2 rings (SSSR count). The fourth-order valence-electron chi connectivity index (χ4n) is 3.43. The summed E-state index contributed by atoms with van der Waals surface area (Å²) in [7, 11) is 1.62. The van der Waals surface area contributed by atoms with Gasteiger partial charge in [-0.05, 0) is 55.5 Å². The monoisotopic (exact) mass is 456 g/mol. The summed E-state index contributed by atoms with van der Waals surface area (Å²) in [4.78, 5) is 28.1. The predicted octanol–water partition coefficient (Wildman–Crippen LogP) is 4.96. The van der Waals surface area contributed by atoms with Gasteiger partial charge in [0, 0.05) is 18.3 Å². The van der Waals surface area contributed by atoms with Gasteiger partial charge in [-0.1, -0.05) is 50.2 Å². The van der Waals surface area contributed by atoms with E-state index in [0.717, 1.165) is 23.5 Å². The summed E-state index contributed by atoms with van der Waals surface area (Å²) >= 11 is 1.59. The molecule has 0 heterocycles. The average molecular weight is 457 g/mol. The second-order valence-corrected chi connectivity index (χ2v) is 9.02. The molecule has 0 aliphatic heterocycles. The number of carbonyl (C=O) groups is 2. The second kappa shape index (κ2) is 13.2. The van der Waals surface area contributed by atoms with E-state index in [1.54, 1.807) is 23.8 Å². The Bertz CT molecular complexity index is 887. The third-order valence-electron chi connectivity index (χ3n) is 5.62. The molecule has 2 atom stereocenters. The van der Waals surface area contributed by atoms with Gasteiger partial charge in [0.1, 0.15) is 11.8 Å². The standard InChI is InChI=1S/C26H36N2O3S/c1-6-20(4)27-26(30)24(7-2)28(16-21-12-10-14-23(15-21)31-5)25(29)18-32-17-22-13-9-8-11-19(22)3/h8-15,20,24H,6-7,16-18H2,1-5H3,(H,27,30)/t20-,24+/m0/s1. The third kappa shape index (κ3) is 7.59. The Kier molecular flexibility index (Phi) is 10.6. The highest BCUT2D eigenvalue weighted by molar-refractivity contribution is 7.99. The number of benzene rings is 2. The summed E-state index contributed by atoms with van der Waals surface area (Å²) < 4.78 is 5.34. The van der Waals surface area contributed by atoms with E-state index >= 15 is 0 Å². The normalized spacial score (nSPS) is 12.7. The lowest BCUT2D eigenvalue weighted by atomic mass is 10.1. The zero-order valence-corrected chi connectivity index (χ0v) is 20.7. The van der Waals surface area contributed by atoms with Gasteiger partial charge < -0.3 is 15.0 Å². The van der Waals surface area contributed by atoms with Gasteiger partial charge in [0.25, 0.3) is 0 Å². The first-order valence-electron chi connectivity index (χ1n) is 11.2. The quantitative estimate of drug-likeness (QED) is 0.490. The first kappa shape index (κ1) is 25.8. The zero-order chi connectivity index (χ0) is 23.5. The van der Waals surface area contributed by atoms with Crippen molar-refractivity contribution >= 4 is 23.6 Å². The lowest BCUT2D eigenvalue weighted by Gasteiger charge is -2.31. The van der Waals surface area contributed by atoms with Crippen molar-refractivity contribution in [3.63, 3.8) is 0 Å². The Labute approximate surface area is 196 Å². The van der Waals surface area contributed by atoms with Gasteiger partial charge >= 0.3 is 0 Å². The summed E-state index contributed by atoms with van der Waals surface area (Å²) in [6.45, 7) is 8.42. The smallest absolute Gasteiger partial charge is 0.243 e. The number of rotatable bonds is 12. The van der Waals surface area contributed by atoms with Crippen LogP contribution in [-0.2, 0) is 21.9 Å². The van der Waals surface area contributed by atoms with E-state index in [9.17, 15) is 9.59 Å². The maximum atomic E-state index is 13.3. The molecule has 0 fully saturated rings. The molecule has 0 radical (unpaired) electrons. The number of methoxy groups -OCH3 is 1. The number of hydrogen-bond acceptors (Lipinski definition) is 4. The second-order valence-electron chi connectivity index (χ2n) is 8.03. The molecule has 0 aliphatic carbocycles. The SMILES string of the molecule is CC[C@H](C(=O)N[C@@H](C)CC)N(Cc1cccc(OC)c1)C(=O)CSCc1ccccc1C. The number of hydrogen-bond donors (Lipinski definition) is 1. The minimum Gasteiger partial charge on any atom is -0.497 e. The van der Waals surface area contributed by atoms with E-state index in [1.807, 2.05) is 57.2 Å². The lowest BCUT2D eigenvalue weighted by Crippen LogP contribution is -2.51. The number of ether oxygens (including phenoxy) is 1. The van der Waals surface area contributed by atoms with Crippen LogP contribution >= 0.6 is 11.8 Å². The Morgan fingerprint density at radius 2 is 1.84 bits per heavy atom. The Morgan fingerprint density at radius 1 is 1.09 bits per heavy atom. The molecule has 0 aromatic heterocycles. The van der Waals surface area contributed by atoms with Gasteiger partial charge in [-0.25, -0.2) is 0 Å². The molecule has 174 valence electrons. The van der Waals surface area contributed by atoms with Crippen molar-refractivity contribution < 1.29 is 14.3 Å². The van der Waals surface area contributed by atoms with Gasteiger partial charge in [0.2, 0.25) is 11.8 Å². The summed E-state index contributed by atoms with van der Waals surface area (Å²) in [6, 6.07) is 15.4. The van der Waals surface area contributed by atoms with E-state index < -0.39 is 6.04 Å². The van der Waals surface area contributed by atoms with Gasteiger partial charge in [0.15, 0.2) is 0 Å². The molecule has 1 N–H and O–H groups in total. The highest BCUT2D eigenvalue weighted by Gasteiger charge is 2.29. The van der Waals surface area contributed by atoms with E-state index in [0.29, 0.717) is 18.7 Å². The maximum absolute atomic E-state index is 13.3. The minimum atomic E-state index is -0.512. The van der Waals surface area contributed by atoms with E-state index in [-0.39, 0.29) is 17.9 Å². The molecular weight excluding hydrogens is 420 g/mol. The summed E-state index contributed by atoms with van der Waals surface area (Å²) in [5.41, 5.74) is 3.39. The van der Waals surface area contributed by atoms with E-state index in [1.165, 1.54) is 11.1 Å². The molecule has 2 amide bonds. The van der Waals surface area contributed by atoms with Crippen molar-refractivity contribution in [3.8, 4) is 5.75 Å². The van der Waals surface area contributed by atoms with Crippen LogP contribution in [0.25, 0.3) is 0 Å². The fourth-order valence-corrected chi connectivity index (χ4v) is 4.42. The van der Waals surface area contributed by atoms with Gasteiger partial charge in [-0.15, -0.1) is 11.8 Å². The molecule has 0 spiro atoms. The summed E-state index contributed by atoms with van der Waals surface area (Å²) in [5.74, 6) is 1.70. The number of aryl methyl sites for hydroxylation is 1. The average Bonchev–Trinajstić information content (AvgIpc) is 2.80. The molecule has 0 saturated carbocycles. The first-order valence-corrected chi connectivity index (χ1v) is 12.4. The number of carbonyl (C=O) groups excluding carboxylic acids is 2. The van der Waals surface area contributed by atoms with Gasteiger partial charge in [-0.2, -0.15) is 0 Å². The van der Waals surface area contributed by atoms with E-state index in [4.69, 9.17) is 4.74 Å². The largest absolute Gasteiger partial charge is 0.497 e. The van der Waals surface area contributed by atoms with E-state index in [2.05, 4.69) is 24.4 Å². The van der Waals surface area contributed by atoms with Crippen LogP contribution in [0.4, 0.5) is 0 Å². The summed E-state index contributed by atoms with van der Waals surface area (Å²) in [5, 5.41) is 3.05. The molecule has 5 nitrogen and oxygen atoms in total. The number of nitrogens with one attached hydrogen (secondary N) is 1. The maximum Gasteiger partial charge on any atom is 0.243 e.